The second kappa shape index (κ2) is 4.54. The molecule has 80 valence electrons. The molecule has 0 aliphatic rings. The number of benzene rings is 1. The first-order chi connectivity index (χ1) is 7.16. The largest absolute Gasteiger partial charge is 0.206 e. The van der Waals surface area contributed by atoms with E-state index in [0.29, 0.717) is 5.25 Å². The molecule has 3 heteroatoms. The molecular formula is C12H13FS2. The number of hydrogen-bond acceptors (Lipinski definition) is 2. The van der Waals surface area contributed by atoms with Crippen LogP contribution in [0, 0.1) is 5.82 Å². The van der Waals surface area contributed by atoms with Gasteiger partial charge >= 0.3 is 0 Å². The van der Waals surface area contributed by atoms with Crippen LogP contribution in [-0.4, -0.2) is 5.25 Å². The third-order valence-corrected chi connectivity index (χ3v) is 4.55. The standard InChI is InChI=1S/C12H13FS2/c1-8(2)14-7-9-6-10-11(13)4-3-5-12(10)15-9/h3-6,8H,7H2,1-2H3. The van der Waals surface area contributed by atoms with Gasteiger partial charge in [0, 0.05) is 20.7 Å². The third-order valence-electron chi connectivity index (χ3n) is 2.12. The van der Waals surface area contributed by atoms with Gasteiger partial charge in [0.1, 0.15) is 5.82 Å². The predicted molar refractivity (Wildman–Crippen MR) is 68.2 cm³/mol. The van der Waals surface area contributed by atoms with Crippen molar-refractivity contribution >= 4 is 33.2 Å². The van der Waals surface area contributed by atoms with Crippen molar-refractivity contribution in [3.8, 4) is 0 Å². The SMILES string of the molecule is CC(C)SCc1cc2c(F)cccc2s1. The maximum Gasteiger partial charge on any atom is 0.131 e. The maximum atomic E-state index is 13.4. The fourth-order valence-corrected chi connectivity index (χ4v) is 3.29. The molecule has 0 amide bonds. The molecule has 2 aromatic rings. The van der Waals surface area contributed by atoms with Crippen molar-refractivity contribution < 1.29 is 4.39 Å². The number of thiophene rings is 1. The van der Waals surface area contributed by atoms with Crippen molar-refractivity contribution in [2.75, 3.05) is 0 Å². The molecule has 1 aromatic carbocycles. The predicted octanol–water partition coefficient (Wildman–Crippen LogP) is 4.68. The summed E-state index contributed by atoms with van der Waals surface area (Å²) < 4.78 is 14.4. The van der Waals surface area contributed by atoms with Gasteiger partial charge in [-0.2, -0.15) is 11.8 Å². The van der Waals surface area contributed by atoms with Crippen molar-refractivity contribution in [2.45, 2.75) is 24.9 Å². The monoisotopic (exact) mass is 240 g/mol. The van der Waals surface area contributed by atoms with Crippen LogP contribution in [0.4, 0.5) is 4.39 Å². The second-order valence-electron chi connectivity index (χ2n) is 3.72. The Bertz CT molecular complexity index is 460. The van der Waals surface area contributed by atoms with Crippen molar-refractivity contribution in [3.05, 3.63) is 35.0 Å². The Hall–Kier alpha value is -0.540. The second-order valence-corrected chi connectivity index (χ2v) is 6.46. The van der Waals surface area contributed by atoms with E-state index in [9.17, 15) is 4.39 Å². The van der Waals surface area contributed by atoms with Gasteiger partial charge < -0.3 is 0 Å². The van der Waals surface area contributed by atoms with E-state index in [4.69, 9.17) is 0 Å². The molecule has 0 unspecified atom stereocenters. The highest BCUT2D eigenvalue weighted by Crippen LogP contribution is 2.30. The molecule has 0 spiro atoms. The van der Waals surface area contributed by atoms with Crippen LogP contribution in [0.5, 0.6) is 0 Å². The topological polar surface area (TPSA) is 0 Å². The number of hydrogen-bond donors (Lipinski definition) is 0. The fourth-order valence-electron chi connectivity index (χ4n) is 1.40. The lowest BCUT2D eigenvalue weighted by atomic mass is 10.2. The van der Waals surface area contributed by atoms with E-state index in [1.54, 1.807) is 17.4 Å². The van der Waals surface area contributed by atoms with Crippen LogP contribution in [0.25, 0.3) is 10.1 Å². The van der Waals surface area contributed by atoms with Gasteiger partial charge in [-0.3, -0.25) is 0 Å². The normalized spacial score (nSPS) is 11.5. The minimum atomic E-state index is -0.107. The van der Waals surface area contributed by atoms with Crippen LogP contribution >= 0.6 is 23.1 Å². The molecule has 15 heavy (non-hydrogen) atoms. The molecule has 0 atom stereocenters. The summed E-state index contributed by atoms with van der Waals surface area (Å²) in [5.41, 5.74) is 0. The van der Waals surface area contributed by atoms with Gasteiger partial charge in [0.15, 0.2) is 0 Å². The summed E-state index contributed by atoms with van der Waals surface area (Å²) in [5, 5.41) is 1.39. The molecule has 0 saturated carbocycles. The van der Waals surface area contributed by atoms with Crippen molar-refractivity contribution in [1.29, 1.82) is 0 Å². The maximum absolute atomic E-state index is 13.4. The molecule has 0 N–H and O–H groups in total. The smallest absolute Gasteiger partial charge is 0.131 e. The highest BCUT2D eigenvalue weighted by Gasteiger charge is 2.06. The zero-order valence-electron chi connectivity index (χ0n) is 8.79. The van der Waals surface area contributed by atoms with Crippen LogP contribution in [0.2, 0.25) is 0 Å². The van der Waals surface area contributed by atoms with Crippen LogP contribution < -0.4 is 0 Å². The summed E-state index contributed by atoms with van der Waals surface area (Å²) in [6, 6.07) is 7.25. The van der Waals surface area contributed by atoms with E-state index < -0.39 is 0 Å². The first-order valence-electron chi connectivity index (χ1n) is 4.95. The lowest BCUT2D eigenvalue weighted by Gasteiger charge is -2.00. The molecule has 0 saturated heterocycles. The first-order valence-corrected chi connectivity index (χ1v) is 6.82. The zero-order chi connectivity index (χ0) is 10.8. The Morgan fingerprint density at radius 2 is 2.20 bits per heavy atom. The van der Waals surface area contributed by atoms with Crippen molar-refractivity contribution in [3.63, 3.8) is 0 Å². The minimum Gasteiger partial charge on any atom is -0.206 e. The Kier molecular flexibility index (Phi) is 3.32. The molecule has 0 radical (unpaired) electrons. The summed E-state index contributed by atoms with van der Waals surface area (Å²) in [4.78, 5) is 1.26. The van der Waals surface area contributed by atoms with Crippen LogP contribution in [-0.2, 0) is 5.75 Å². The van der Waals surface area contributed by atoms with Crippen molar-refractivity contribution in [2.24, 2.45) is 0 Å². The zero-order valence-corrected chi connectivity index (χ0v) is 10.4. The van der Waals surface area contributed by atoms with E-state index in [-0.39, 0.29) is 5.82 Å². The van der Waals surface area contributed by atoms with E-state index in [0.717, 1.165) is 15.8 Å². The van der Waals surface area contributed by atoms with E-state index in [1.165, 1.54) is 10.9 Å². The number of thioether (sulfide) groups is 1. The van der Waals surface area contributed by atoms with Gasteiger partial charge in [-0.1, -0.05) is 19.9 Å². The summed E-state index contributed by atoms with van der Waals surface area (Å²) in [6.07, 6.45) is 0. The van der Waals surface area contributed by atoms with Gasteiger partial charge in [0.05, 0.1) is 0 Å². The lowest BCUT2D eigenvalue weighted by Crippen LogP contribution is -1.85. The molecule has 0 aliphatic carbocycles. The summed E-state index contributed by atoms with van der Waals surface area (Å²) in [5.74, 6) is 0.876. The van der Waals surface area contributed by atoms with Crippen molar-refractivity contribution in [1.82, 2.24) is 0 Å². The number of halogens is 1. The quantitative estimate of drug-likeness (QED) is 0.750. The van der Waals surface area contributed by atoms with Crippen LogP contribution in [0.1, 0.15) is 18.7 Å². The van der Waals surface area contributed by atoms with E-state index in [1.807, 2.05) is 23.9 Å². The van der Waals surface area contributed by atoms with E-state index in [2.05, 4.69) is 13.8 Å². The summed E-state index contributed by atoms with van der Waals surface area (Å²) in [6.45, 7) is 4.36. The molecule has 0 nitrogen and oxygen atoms in total. The summed E-state index contributed by atoms with van der Waals surface area (Å²) >= 11 is 3.59. The molecule has 0 bridgehead atoms. The van der Waals surface area contributed by atoms with Gasteiger partial charge in [0.2, 0.25) is 0 Å². The molecular weight excluding hydrogens is 227 g/mol. The Balaban J connectivity index is 2.27. The molecule has 2 rings (SSSR count). The first kappa shape index (κ1) is 11.0. The minimum absolute atomic E-state index is 0.107. The van der Waals surface area contributed by atoms with Crippen LogP contribution in [0.3, 0.4) is 0 Å². The molecule has 1 heterocycles. The number of fused-ring (bicyclic) bond motifs is 1. The Morgan fingerprint density at radius 3 is 2.87 bits per heavy atom. The van der Waals surface area contributed by atoms with Crippen LogP contribution in [0.15, 0.2) is 24.3 Å². The Labute approximate surface area is 97.5 Å². The average molecular weight is 240 g/mol. The van der Waals surface area contributed by atoms with Gasteiger partial charge in [-0.05, 0) is 23.4 Å². The van der Waals surface area contributed by atoms with E-state index >= 15 is 0 Å². The van der Waals surface area contributed by atoms with Gasteiger partial charge in [-0.15, -0.1) is 11.3 Å². The fraction of sp³-hybridized carbons (Fsp3) is 0.333. The lowest BCUT2D eigenvalue weighted by molar-refractivity contribution is 0.640. The highest BCUT2D eigenvalue weighted by atomic mass is 32.2. The highest BCUT2D eigenvalue weighted by molar-refractivity contribution is 7.99. The molecule has 0 fully saturated rings. The van der Waals surface area contributed by atoms with Gasteiger partial charge in [0.25, 0.3) is 0 Å². The molecule has 0 aliphatic heterocycles. The Morgan fingerprint density at radius 1 is 1.40 bits per heavy atom. The third kappa shape index (κ3) is 2.52. The summed E-state index contributed by atoms with van der Waals surface area (Å²) in [7, 11) is 0. The number of rotatable bonds is 3. The molecule has 1 aromatic heterocycles. The average Bonchev–Trinajstić information content (AvgIpc) is 2.59. The van der Waals surface area contributed by atoms with Gasteiger partial charge in [-0.25, -0.2) is 4.39 Å².